The normalized spacial score (nSPS) is 10.1. The Hall–Kier alpha value is -2.48. The van der Waals surface area contributed by atoms with Crippen molar-refractivity contribution in [1.82, 2.24) is 9.97 Å². The Morgan fingerprint density at radius 3 is 2.58 bits per heavy atom. The summed E-state index contributed by atoms with van der Waals surface area (Å²) in [7, 11) is 1.82. The van der Waals surface area contributed by atoms with Gasteiger partial charge in [0.2, 0.25) is 0 Å². The molecule has 0 spiro atoms. The molecular formula is C14H13FN4. The quantitative estimate of drug-likeness (QED) is 0.829. The lowest BCUT2D eigenvalue weighted by Gasteiger charge is -2.19. The summed E-state index contributed by atoms with van der Waals surface area (Å²) < 4.78 is 13.3. The minimum atomic E-state index is -0.242. The zero-order chi connectivity index (χ0) is 14.0. The minimum absolute atomic E-state index is 0.242. The zero-order valence-electron chi connectivity index (χ0n) is 11.0. The molecule has 0 radical (unpaired) electrons. The first kappa shape index (κ1) is 13.0. The minimum Gasteiger partial charge on any atom is -0.329 e. The Balaban J connectivity index is 2.43. The number of anilines is 2. The van der Waals surface area contributed by atoms with Crippen LogP contribution in [0.1, 0.15) is 17.1 Å². The molecule has 96 valence electrons. The van der Waals surface area contributed by atoms with E-state index in [0.29, 0.717) is 22.9 Å². The molecule has 0 saturated carbocycles. The molecule has 0 fully saturated rings. The molecule has 1 heterocycles. The smallest absolute Gasteiger partial charge is 0.146 e. The van der Waals surface area contributed by atoms with E-state index in [1.807, 2.05) is 13.1 Å². The highest BCUT2D eigenvalue weighted by atomic mass is 19.1. The predicted molar refractivity (Wildman–Crippen MR) is 70.7 cm³/mol. The van der Waals surface area contributed by atoms with Crippen LogP contribution in [0.15, 0.2) is 24.3 Å². The number of nitriles is 1. The Morgan fingerprint density at radius 2 is 1.95 bits per heavy atom. The van der Waals surface area contributed by atoms with E-state index in [9.17, 15) is 4.39 Å². The molecule has 0 N–H and O–H groups in total. The van der Waals surface area contributed by atoms with E-state index in [1.165, 1.54) is 6.07 Å². The number of aryl methyl sites for hydroxylation is 2. The van der Waals surface area contributed by atoms with Crippen molar-refractivity contribution in [2.75, 3.05) is 11.9 Å². The van der Waals surface area contributed by atoms with Crippen LogP contribution in [-0.4, -0.2) is 17.0 Å². The van der Waals surface area contributed by atoms with Gasteiger partial charge in [-0.05, 0) is 37.6 Å². The summed E-state index contributed by atoms with van der Waals surface area (Å²) >= 11 is 0. The molecule has 1 aromatic carbocycles. The lowest BCUT2D eigenvalue weighted by molar-refractivity contribution is 0.618. The molecule has 0 aliphatic carbocycles. The fraction of sp³-hybridized carbons (Fsp3) is 0.214. The summed E-state index contributed by atoms with van der Waals surface area (Å²) in [6, 6.07) is 8.42. The average Bonchev–Trinajstić information content (AvgIpc) is 2.40. The second-order valence-electron chi connectivity index (χ2n) is 4.26. The number of aromatic nitrogens is 2. The molecule has 2 rings (SSSR count). The van der Waals surface area contributed by atoms with E-state index in [1.54, 1.807) is 36.9 Å². The number of hydrogen-bond acceptors (Lipinski definition) is 4. The summed E-state index contributed by atoms with van der Waals surface area (Å²) in [6.45, 7) is 3.44. The first-order chi connectivity index (χ1) is 9.01. The molecule has 5 heteroatoms. The molecule has 0 unspecified atom stereocenters. The molecule has 1 aromatic heterocycles. The topological polar surface area (TPSA) is 52.8 Å². The Kier molecular flexibility index (Phi) is 3.43. The second kappa shape index (κ2) is 5.02. The summed E-state index contributed by atoms with van der Waals surface area (Å²) in [5.74, 6) is 0.892. The fourth-order valence-corrected chi connectivity index (χ4v) is 1.75. The van der Waals surface area contributed by atoms with Crippen molar-refractivity contribution in [1.29, 1.82) is 5.26 Å². The van der Waals surface area contributed by atoms with Crippen molar-refractivity contribution in [3.05, 3.63) is 47.2 Å². The van der Waals surface area contributed by atoms with Crippen LogP contribution >= 0.6 is 0 Å². The van der Waals surface area contributed by atoms with E-state index in [-0.39, 0.29) is 5.82 Å². The first-order valence-corrected chi connectivity index (χ1v) is 5.77. The van der Waals surface area contributed by atoms with Crippen LogP contribution in [0.25, 0.3) is 0 Å². The van der Waals surface area contributed by atoms with Crippen LogP contribution in [0.2, 0.25) is 0 Å². The van der Waals surface area contributed by atoms with Gasteiger partial charge in [0.25, 0.3) is 0 Å². The van der Waals surface area contributed by atoms with Gasteiger partial charge in [0.05, 0.1) is 0 Å². The molecule has 0 amide bonds. The van der Waals surface area contributed by atoms with Crippen molar-refractivity contribution in [2.24, 2.45) is 0 Å². The summed E-state index contributed by atoms with van der Waals surface area (Å²) in [4.78, 5) is 10.1. The van der Waals surface area contributed by atoms with Crippen molar-refractivity contribution < 1.29 is 4.39 Å². The average molecular weight is 256 g/mol. The van der Waals surface area contributed by atoms with Gasteiger partial charge in [0.1, 0.15) is 29.2 Å². The molecule has 0 atom stereocenters. The number of nitrogens with zero attached hydrogens (tertiary/aromatic N) is 4. The van der Waals surface area contributed by atoms with Crippen LogP contribution in [-0.2, 0) is 0 Å². The van der Waals surface area contributed by atoms with Crippen molar-refractivity contribution in [2.45, 2.75) is 13.8 Å². The third-order valence-corrected chi connectivity index (χ3v) is 2.81. The number of benzene rings is 1. The van der Waals surface area contributed by atoms with E-state index >= 15 is 0 Å². The maximum atomic E-state index is 13.3. The number of rotatable bonds is 2. The largest absolute Gasteiger partial charge is 0.329 e. The molecule has 0 bridgehead atoms. The summed E-state index contributed by atoms with van der Waals surface area (Å²) in [5, 5.41) is 8.91. The van der Waals surface area contributed by atoms with Crippen molar-refractivity contribution >= 4 is 11.5 Å². The molecule has 0 aliphatic rings. The van der Waals surface area contributed by atoms with E-state index in [0.717, 1.165) is 5.69 Å². The third kappa shape index (κ3) is 2.68. The van der Waals surface area contributed by atoms with Gasteiger partial charge in [-0.2, -0.15) is 5.26 Å². The lowest BCUT2D eigenvalue weighted by Crippen LogP contribution is -2.13. The third-order valence-electron chi connectivity index (χ3n) is 2.81. The zero-order valence-corrected chi connectivity index (χ0v) is 11.0. The Morgan fingerprint density at radius 1 is 1.21 bits per heavy atom. The summed E-state index contributed by atoms with van der Waals surface area (Å²) in [5.41, 5.74) is 1.68. The maximum absolute atomic E-state index is 13.3. The number of halogens is 1. The van der Waals surface area contributed by atoms with Gasteiger partial charge < -0.3 is 4.90 Å². The van der Waals surface area contributed by atoms with Gasteiger partial charge in [0, 0.05) is 18.8 Å². The molecule has 19 heavy (non-hydrogen) atoms. The predicted octanol–water partition coefficient (Wildman–Crippen LogP) is 2.87. The van der Waals surface area contributed by atoms with Crippen molar-refractivity contribution in [3.63, 3.8) is 0 Å². The van der Waals surface area contributed by atoms with Crippen LogP contribution in [0, 0.1) is 31.0 Å². The van der Waals surface area contributed by atoms with Gasteiger partial charge in [0.15, 0.2) is 0 Å². The van der Waals surface area contributed by atoms with Gasteiger partial charge in [-0.15, -0.1) is 0 Å². The molecule has 2 aromatic rings. The highest BCUT2D eigenvalue weighted by Gasteiger charge is 2.09. The fourth-order valence-electron chi connectivity index (χ4n) is 1.75. The van der Waals surface area contributed by atoms with Crippen LogP contribution in [0.4, 0.5) is 15.9 Å². The Bertz CT molecular complexity index is 661. The van der Waals surface area contributed by atoms with E-state index < -0.39 is 0 Å². The van der Waals surface area contributed by atoms with Crippen molar-refractivity contribution in [3.8, 4) is 6.07 Å². The SMILES string of the molecule is Cc1nc(C#N)cc(N(C)c2ccc(F)c(C)c2)n1. The van der Waals surface area contributed by atoms with Crippen LogP contribution in [0.3, 0.4) is 0 Å². The molecule has 4 nitrogen and oxygen atoms in total. The first-order valence-electron chi connectivity index (χ1n) is 5.77. The number of hydrogen-bond donors (Lipinski definition) is 0. The van der Waals surface area contributed by atoms with E-state index in [2.05, 4.69) is 9.97 Å². The van der Waals surface area contributed by atoms with Gasteiger partial charge in [-0.3, -0.25) is 0 Å². The second-order valence-corrected chi connectivity index (χ2v) is 4.26. The highest BCUT2D eigenvalue weighted by Crippen LogP contribution is 2.24. The maximum Gasteiger partial charge on any atom is 0.146 e. The van der Waals surface area contributed by atoms with Gasteiger partial charge in [-0.1, -0.05) is 0 Å². The van der Waals surface area contributed by atoms with Crippen LogP contribution in [0.5, 0.6) is 0 Å². The standard InChI is InChI=1S/C14H13FN4/c1-9-6-12(4-5-13(9)15)19(3)14-7-11(8-16)17-10(2)18-14/h4-7H,1-3H3. The van der Waals surface area contributed by atoms with Gasteiger partial charge >= 0.3 is 0 Å². The Labute approximate surface area is 111 Å². The lowest BCUT2D eigenvalue weighted by atomic mass is 10.2. The molecular weight excluding hydrogens is 243 g/mol. The highest BCUT2D eigenvalue weighted by molar-refractivity contribution is 5.60. The molecule has 0 saturated heterocycles. The van der Waals surface area contributed by atoms with Crippen LogP contribution < -0.4 is 4.90 Å². The van der Waals surface area contributed by atoms with Gasteiger partial charge in [-0.25, -0.2) is 14.4 Å². The monoisotopic (exact) mass is 256 g/mol. The van der Waals surface area contributed by atoms with E-state index in [4.69, 9.17) is 5.26 Å². The summed E-state index contributed by atoms with van der Waals surface area (Å²) in [6.07, 6.45) is 0. The molecule has 0 aliphatic heterocycles.